The fraction of sp³-hybridized carbons (Fsp3) is 0.556. The lowest BCUT2D eigenvalue weighted by Crippen LogP contribution is -2.32. The van der Waals surface area contributed by atoms with Gasteiger partial charge in [0.05, 0.1) is 6.04 Å². The molecule has 1 rings (SSSR count). The molecule has 0 saturated heterocycles. The highest BCUT2D eigenvalue weighted by Gasteiger charge is 2.21. The number of imidazole rings is 1. The van der Waals surface area contributed by atoms with Crippen LogP contribution >= 0.6 is 0 Å². The molecule has 78 valence electrons. The first-order chi connectivity index (χ1) is 6.52. The molecule has 0 aliphatic heterocycles. The van der Waals surface area contributed by atoms with Gasteiger partial charge in [0.1, 0.15) is 5.82 Å². The zero-order valence-corrected chi connectivity index (χ0v) is 8.56. The maximum atomic E-state index is 10.6. The van der Waals surface area contributed by atoms with E-state index in [2.05, 4.69) is 10.3 Å². The molecule has 0 saturated carbocycles. The van der Waals surface area contributed by atoms with Gasteiger partial charge >= 0.3 is 6.09 Å². The lowest BCUT2D eigenvalue weighted by molar-refractivity contribution is 0.184. The van der Waals surface area contributed by atoms with E-state index in [4.69, 9.17) is 5.11 Å². The van der Waals surface area contributed by atoms with Gasteiger partial charge in [-0.3, -0.25) is 0 Å². The predicted octanol–water partition coefficient (Wildman–Crippen LogP) is 1.38. The Morgan fingerprint density at radius 1 is 1.64 bits per heavy atom. The van der Waals surface area contributed by atoms with Crippen LogP contribution in [-0.2, 0) is 7.05 Å². The Bertz CT molecular complexity index is 320. The summed E-state index contributed by atoms with van der Waals surface area (Å²) in [4.78, 5) is 14.7. The van der Waals surface area contributed by atoms with E-state index in [-0.39, 0.29) is 12.0 Å². The first-order valence-electron chi connectivity index (χ1n) is 4.49. The summed E-state index contributed by atoms with van der Waals surface area (Å²) in [6, 6.07) is -0.257. The Kier molecular flexibility index (Phi) is 3.11. The van der Waals surface area contributed by atoms with Crippen LogP contribution in [0.25, 0.3) is 0 Å². The van der Waals surface area contributed by atoms with E-state index >= 15 is 0 Å². The second-order valence-electron chi connectivity index (χ2n) is 3.57. The van der Waals surface area contributed by atoms with Crippen LogP contribution in [0.3, 0.4) is 0 Å². The van der Waals surface area contributed by atoms with Crippen molar-refractivity contribution in [2.24, 2.45) is 13.0 Å². The number of nitrogens with zero attached hydrogens (tertiary/aromatic N) is 2. The summed E-state index contributed by atoms with van der Waals surface area (Å²) in [5, 5.41) is 11.1. The van der Waals surface area contributed by atoms with E-state index in [9.17, 15) is 4.79 Å². The van der Waals surface area contributed by atoms with Crippen molar-refractivity contribution in [3.8, 4) is 0 Å². The summed E-state index contributed by atoms with van der Waals surface area (Å²) in [6.45, 7) is 3.91. The van der Waals surface area contributed by atoms with Gasteiger partial charge in [0.15, 0.2) is 0 Å². The number of hydrogen-bond donors (Lipinski definition) is 2. The summed E-state index contributed by atoms with van der Waals surface area (Å²) in [7, 11) is 1.85. The van der Waals surface area contributed by atoms with Crippen LogP contribution in [0.5, 0.6) is 0 Å². The molecule has 0 spiro atoms. The van der Waals surface area contributed by atoms with Crippen molar-refractivity contribution in [1.82, 2.24) is 14.9 Å². The van der Waals surface area contributed by atoms with Crippen LogP contribution in [0.15, 0.2) is 12.4 Å². The summed E-state index contributed by atoms with van der Waals surface area (Å²) in [6.07, 6.45) is 2.44. The van der Waals surface area contributed by atoms with Crippen LogP contribution in [-0.4, -0.2) is 20.8 Å². The topological polar surface area (TPSA) is 67.2 Å². The molecule has 0 aromatic carbocycles. The van der Waals surface area contributed by atoms with Crippen LogP contribution in [0, 0.1) is 5.92 Å². The molecule has 2 N–H and O–H groups in total. The average Bonchev–Trinajstić information content (AvgIpc) is 2.46. The van der Waals surface area contributed by atoms with Crippen molar-refractivity contribution >= 4 is 6.09 Å². The van der Waals surface area contributed by atoms with E-state index in [1.54, 1.807) is 12.4 Å². The summed E-state index contributed by atoms with van der Waals surface area (Å²) in [5.74, 6) is 0.912. The second kappa shape index (κ2) is 4.13. The first-order valence-corrected chi connectivity index (χ1v) is 4.49. The highest BCUT2D eigenvalue weighted by molar-refractivity contribution is 5.65. The van der Waals surface area contributed by atoms with Crippen molar-refractivity contribution in [1.29, 1.82) is 0 Å². The van der Waals surface area contributed by atoms with E-state index in [0.717, 1.165) is 5.82 Å². The Hall–Kier alpha value is -1.52. The van der Waals surface area contributed by atoms with Crippen LogP contribution < -0.4 is 5.32 Å². The van der Waals surface area contributed by atoms with Crippen LogP contribution in [0.1, 0.15) is 25.7 Å². The summed E-state index contributed by atoms with van der Waals surface area (Å²) >= 11 is 0. The van der Waals surface area contributed by atoms with Gasteiger partial charge in [-0.05, 0) is 5.92 Å². The molecule has 1 amide bonds. The minimum absolute atomic E-state index is 0.173. The van der Waals surface area contributed by atoms with Crippen LogP contribution in [0.4, 0.5) is 4.79 Å². The Balaban J connectivity index is 2.88. The maximum Gasteiger partial charge on any atom is 0.405 e. The fourth-order valence-corrected chi connectivity index (χ4v) is 1.34. The lowest BCUT2D eigenvalue weighted by atomic mass is 10.0. The average molecular weight is 197 g/mol. The number of hydrogen-bond acceptors (Lipinski definition) is 2. The van der Waals surface area contributed by atoms with E-state index in [0.29, 0.717) is 0 Å². The quantitative estimate of drug-likeness (QED) is 0.769. The Morgan fingerprint density at radius 2 is 2.29 bits per heavy atom. The van der Waals surface area contributed by atoms with Crippen molar-refractivity contribution in [3.05, 3.63) is 18.2 Å². The van der Waals surface area contributed by atoms with Crippen molar-refractivity contribution in [3.63, 3.8) is 0 Å². The van der Waals surface area contributed by atoms with Crippen molar-refractivity contribution in [2.45, 2.75) is 19.9 Å². The molecule has 1 aromatic rings. The van der Waals surface area contributed by atoms with Gasteiger partial charge in [-0.2, -0.15) is 0 Å². The van der Waals surface area contributed by atoms with Gasteiger partial charge in [0.25, 0.3) is 0 Å². The highest BCUT2D eigenvalue weighted by atomic mass is 16.4. The minimum atomic E-state index is -1.02. The number of rotatable bonds is 3. The Labute approximate surface area is 82.8 Å². The van der Waals surface area contributed by atoms with E-state index < -0.39 is 6.09 Å². The standard InChI is InChI=1S/C9H15N3O2/c1-6(2)7(11-9(13)14)8-10-4-5-12(8)3/h4-7,11H,1-3H3,(H,13,14). The molecule has 0 bridgehead atoms. The second-order valence-corrected chi connectivity index (χ2v) is 3.57. The monoisotopic (exact) mass is 197 g/mol. The molecule has 5 heteroatoms. The third kappa shape index (κ3) is 2.25. The molecule has 0 fully saturated rings. The summed E-state index contributed by atoms with van der Waals surface area (Å²) in [5.41, 5.74) is 0. The SMILES string of the molecule is CC(C)C(NC(=O)O)c1nccn1C. The molecule has 1 atom stereocenters. The maximum absolute atomic E-state index is 10.6. The normalized spacial score (nSPS) is 12.9. The number of aromatic nitrogens is 2. The first kappa shape index (κ1) is 10.6. The molecule has 0 aliphatic carbocycles. The largest absolute Gasteiger partial charge is 0.465 e. The number of carbonyl (C=O) groups is 1. The molecular formula is C9H15N3O2. The molecule has 5 nitrogen and oxygen atoms in total. The molecule has 1 unspecified atom stereocenters. The molecule has 14 heavy (non-hydrogen) atoms. The third-order valence-corrected chi connectivity index (χ3v) is 2.08. The zero-order valence-electron chi connectivity index (χ0n) is 8.56. The zero-order chi connectivity index (χ0) is 10.7. The molecule has 0 aliphatic rings. The number of carboxylic acid groups (broad SMARTS) is 1. The molecular weight excluding hydrogens is 182 g/mol. The third-order valence-electron chi connectivity index (χ3n) is 2.08. The molecule has 1 aromatic heterocycles. The molecule has 0 radical (unpaired) electrons. The number of aryl methyl sites for hydroxylation is 1. The molecule has 1 heterocycles. The van der Waals surface area contributed by atoms with Gasteiger partial charge in [-0.1, -0.05) is 13.8 Å². The van der Waals surface area contributed by atoms with Crippen LogP contribution in [0.2, 0.25) is 0 Å². The van der Waals surface area contributed by atoms with Gasteiger partial charge in [-0.15, -0.1) is 0 Å². The van der Waals surface area contributed by atoms with Gasteiger partial charge in [0, 0.05) is 19.4 Å². The smallest absolute Gasteiger partial charge is 0.405 e. The number of amides is 1. The minimum Gasteiger partial charge on any atom is -0.465 e. The van der Waals surface area contributed by atoms with Crippen molar-refractivity contribution < 1.29 is 9.90 Å². The number of nitrogens with one attached hydrogen (secondary N) is 1. The van der Waals surface area contributed by atoms with Gasteiger partial charge in [-0.25, -0.2) is 9.78 Å². The lowest BCUT2D eigenvalue weighted by Gasteiger charge is -2.20. The fourth-order valence-electron chi connectivity index (χ4n) is 1.34. The van der Waals surface area contributed by atoms with Gasteiger partial charge in [0.2, 0.25) is 0 Å². The van der Waals surface area contributed by atoms with E-state index in [1.165, 1.54) is 0 Å². The van der Waals surface area contributed by atoms with Gasteiger partial charge < -0.3 is 15.0 Å². The van der Waals surface area contributed by atoms with E-state index in [1.807, 2.05) is 25.5 Å². The van der Waals surface area contributed by atoms with Crippen molar-refractivity contribution in [2.75, 3.05) is 0 Å². The Morgan fingerprint density at radius 3 is 2.64 bits per heavy atom. The highest BCUT2D eigenvalue weighted by Crippen LogP contribution is 2.19. The predicted molar refractivity (Wildman–Crippen MR) is 51.9 cm³/mol. The summed E-state index contributed by atoms with van der Waals surface area (Å²) < 4.78 is 1.82.